The molecule has 2 heterocycles. The molecule has 25 heavy (non-hydrogen) atoms. The van der Waals surface area contributed by atoms with Crippen LogP contribution in [0.1, 0.15) is 44.1 Å². The molecule has 2 aliphatic heterocycles. The van der Waals surface area contributed by atoms with Crippen molar-refractivity contribution in [3.05, 3.63) is 34.9 Å². The molecule has 2 fully saturated rings. The lowest BCUT2D eigenvalue weighted by atomic mass is 9.84. The van der Waals surface area contributed by atoms with Crippen molar-refractivity contribution in [3.63, 3.8) is 0 Å². The summed E-state index contributed by atoms with van der Waals surface area (Å²) >= 11 is 5.91. The smallest absolute Gasteiger partial charge is 0.317 e. The Balaban J connectivity index is 1.43. The van der Waals surface area contributed by atoms with Gasteiger partial charge in [-0.25, -0.2) is 4.79 Å². The van der Waals surface area contributed by atoms with Crippen LogP contribution in [0.5, 0.6) is 0 Å². The number of piperidine rings is 1. The van der Waals surface area contributed by atoms with E-state index >= 15 is 0 Å². The Morgan fingerprint density at radius 3 is 2.64 bits per heavy atom. The minimum absolute atomic E-state index is 0.0473. The lowest BCUT2D eigenvalue weighted by Crippen LogP contribution is -2.49. The number of nitrogens with zero attached hydrogens (tertiary/aromatic N) is 1. The average molecular weight is 367 g/mol. The molecule has 1 aromatic carbocycles. The Morgan fingerprint density at radius 1 is 1.28 bits per heavy atom. The van der Waals surface area contributed by atoms with E-state index < -0.39 is 5.60 Å². The molecule has 138 valence electrons. The first-order valence-corrected chi connectivity index (χ1v) is 9.57. The third-order valence-electron chi connectivity index (χ3n) is 5.28. The van der Waals surface area contributed by atoms with Crippen LogP contribution < -0.4 is 5.32 Å². The van der Waals surface area contributed by atoms with Crippen molar-refractivity contribution >= 4 is 17.6 Å². The van der Waals surface area contributed by atoms with Gasteiger partial charge in [0.1, 0.15) is 0 Å². The van der Waals surface area contributed by atoms with Gasteiger partial charge in [-0.05, 0) is 56.2 Å². The topological polar surface area (TPSA) is 61.8 Å². The van der Waals surface area contributed by atoms with E-state index in [1.807, 2.05) is 12.1 Å². The van der Waals surface area contributed by atoms with Gasteiger partial charge in [0, 0.05) is 31.3 Å². The van der Waals surface area contributed by atoms with Gasteiger partial charge in [0.15, 0.2) is 0 Å². The summed E-state index contributed by atoms with van der Waals surface area (Å²) in [6.07, 6.45) is 5.68. The monoisotopic (exact) mass is 366 g/mol. The number of urea groups is 1. The Hall–Kier alpha value is -1.30. The molecule has 3 rings (SSSR count). The first-order valence-electron chi connectivity index (χ1n) is 9.20. The van der Waals surface area contributed by atoms with Gasteiger partial charge in [0.25, 0.3) is 0 Å². The number of ether oxygens (including phenoxy) is 1. The van der Waals surface area contributed by atoms with E-state index in [1.165, 1.54) is 6.42 Å². The Bertz CT molecular complexity index is 565. The summed E-state index contributed by atoms with van der Waals surface area (Å²) in [5.41, 5.74) is -0.0106. The second kappa shape index (κ2) is 8.39. The van der Waals surface area contributed by atoms with Gasteiger partial charge < -0.3 is 20.1 Å². The number of likely N-dealkylation sites (tertiary alicyclic amines) is 1. The second-order valence-electron chi connectivity index (χ2n) is 7.03. The number of hydrogen-bond acceptors (Lipinski definition) is 3. The first kappa shape index (κ1) is 18.5. The van der Waals surface area contributed by atoms with Crippen LogP contribution in [0.2, 0.25) is 5.02 Å². The van der Waals surface area contributed by atoms with Crippen LogP contribution in [0.15, 0.2) is 24.3 Å². The molecule has 2 saturated heterocycles. The molecule has 1 aromatic rings. The summed E-state index contributed by atoms with van der Waals surface area (Å²) in [4.78, 5) is 14.1. The van der Waals surface area contributed by atoms with Gasteiger partial charge in [-0.3, -0.25) is 0 Å². The van der Waals surface area contributed by atoms with Gasteiger partial charge in [0.05, 0.1) is 11.7 Å². The molecule has 0 saturated carbocycles. The lowest BCUT2D eigenvalue weighted by Gasteiger charge is -2.38. The number of hydrogen-bond donors (Lipinski definition) is 2. The van der Waals surface area contributed by atoms with Crippen molar-refractivity contribution in [2.24, 2.45) is 0 Å². The molecule has 2 N–H and O–H groups in total. The van der Waals surface area contributed by atoms with Crippen molar-refractivity contribution in [1.82, 2.24) is 10.2 Å². The van der Waals surface area contributed by atoms with E-state index in [0.717, 1.165) is 31.4 Å². The molecule has 0 unspecified atom stereocenters. The minimum atomic E-state index is -0.878. The number of rotatable bonds is 4. The summed E-state index contributed by atoms with van der Waals surface area (Å²) in [7, 11) is 0. The Kier molecular flexibility index (Phi) is 6.20. The first-order chi connectivity index (χ1) is 12.1. The van der Waals surface area contributed by atoms with Gasteiger partial charge in [-0.1, -0.05) is 23.7 Å². The van der Waals surface area contributed by atoms with Crippen LogP contribution in [-0.4, -0.2) is 48.4 Å². The van der Waals surface area contributed by atoms with Crippen molar-refractivity contribution in [3.8, 4) is 0 Å². The zero-order valence-corrected chi connectivity index (χ0v) is 15.3. The third kappa shape index (κ3) is 4.87. The highest BCUT2D eigenvalue weighted by Crippen LogP contribution is 2.33. The van der Waals surface area contributed by atoms with Gasteiger partial charge in [-0.2, -0.15) is 0 Å². The van der Waals surface area contributed by atoms with E-state index in [9.17, 15) is 9.90 Å². The second-order valence-corrected chi connectivity index (χ2v) is 7.47. The summed E-state index contributed by atoms with van der Waals surface area (Å²) in [6, 6.07) is 7.27. The summed E-state index contributed by atoms with van der Waals surface area (Å²) < 4.78 is 5.68. The van der Waals surface area contributed by atoms with Crippen LogP contribution in [0.25, 0.3) is 0 Å². The fourth-order valence-electron chi connectivity index (χ4n) is 3.62. The summed E-state index contributed by atoms with van der Waals surface area (Å²) in [5.74, 6) is 0. The number of amides is 2. The Labute approximate surface area is 154 Å². The predicted molar refractivity (Wildman–Crippen MR) is 97.8 cm³/mol. The zero-order valence-electron chi connectivity index (χ0n) is 14.5. The van der Waals surface area contributed by atoms with E-state index in [-0.39, 0.29) is 12.1 Å². The SMILES string of the molecule is O=C(NCC[C@@H]1CCCCO1)N1CCC(O)(c2ccc(Cl)cc2)CC1. The van der Waals surface area contributed by atoms with E-state index in [4.69, 9.17) is 16.3 Å². The van der Waals surface area contributed by atoms with Crippen LogP contribution in [0, 0.1) is 0 Å². The number of halogens is 1. The van der Waals surface area contributed by atoms with Gasteiger partial charge in [0.2, 0.25) is 0 Å². The molecule has 0 spiro atoms. The average Bonchev–Trinajstić information content (AvgIpc) is 2.63. The quantitative estimate of drug-likeness (QED) is 0.859. The standard InChI is InChI=1S/C19H27ClN2O3/c20-16-6-4-15(5-7-16)19(24)9-12-22(13-10-19)18(23)21-11-8-17-3-1-2-14-25-17/h4-7,17,24H,1-3,8-14H2,(H,21,23)/t17-/m0/s1. The molecule has 0 bridgehead atoms. The molecule has 1 atom stereocenters. The van der Waals surface area contributed by atoms with Crippen LogP contribution >= 0.6 is 11.6 Å². The zero-order chi connectivity index (χ0) is 17.7. The highest BCUT2D eigenvalue weighted by molar-refractivity contribution is 6.30. The molecule has 0 radical (unpaired) electrons. The number of carbonyl (C=O) groups is 1. The van der Waals surface area contributed by atoms with Crippen molar-refractivity contribution in [2.45, 2.75) is 50.2 Å². The molecule has 0 aromatic heterocycles. The third-order valence-corrected chi connectivity index (χ3v) is 5.53. The predicted octanol–water partition coefficient (Wildman–Crippen LogP) is 3.29. The number of nitrogens with one attached hydrogen (secondary N) is 1. The fraction of sp³-hybridized carbons (Fsp3) is 0.632. The van der Waals surface area contributed by atoms with E-state index in [2.05, 4.69) is 5.32 Å². The van der Waals surface area contributed by atoms with E-state index in [1.54, 1.807) is 17.0 Å². The fourth-order valence-corrected chi connectivity index (χ4v) is 3.74. The molecular weight excluding hydrogens is 340 g/mol. The van der Waals surface area contributed by atoms with Crippen molar-refractivity contribution in [2.75, 3.05) is 26.2 Å². The van der Waals surface area contributed by atoms with Gasteiger partial charge in [-0.15, -0.1) is 0 Å². The normalized spacial score (nSPS) is 23.3. The highest BCUT2D eigenvalue weighted by Gasteiger charge is 2.35. The molecule has 6 heteroatoms. The largest absolute Gasteiger partial charge is 0.385 e. The molecule has 5 nitrogen and oxygen atoms in total. The lowest BCUT2D eigenvalue weighted by molar-refractivity contribution is -0.0170. The number of carbonyl (C=O) groups excluding carboxylic acids is 1. The van der Waals surface area contributed by atoms with Crippen LogP contribution in [0.4, 0.5) is 4.79 Å². The molecule has 0 aliphatic carbocycles. The van der Waals surface area contributed by atoms with E-state index in [0.29, 0.717) is 37.5 Å². The number of aliphatic hydroxyl groups is 1. The van der Waals surface area contributed by atoms with Crippen molar-refractivity contribution in [1.29, 1.82) is 0 Å². The molecule has 2 aliphatic rings. The number of benzene rings is 1. The maximum absolute atomic E-state index is 12.3. The summed E-state index contributed by atoms with van der Waals surface area (Å²) in [5, 5.41) is 14.5. The minimum Gasteiger partial charge on any atom is -0.385 e. The maximum Gasteiger partial charge on any atom is 0.317 e. The maximum atomic E-state index is 12.3. The van der Waals surface area contributed by atoms with Gasteiger partial charge >= 0.3 is 6.03 Å². The van der Waals surface area contributed by atoms with Crippen LogP contribution in [-0.2, 0) is 10.3 Å². The van der Waals surface area contributed by atoms with Crippen molar-refractivity contribution < 1.29 is 14.6 Å². The highest BCUT2D eigenvalue weighted by atomic mass is 35.5. The molecular formula is C19H27ClN2O3. The Morgan fingerprint density at radius 2 is 2.00 bits per heavy atom. The summed E-state index contributed by atoms with van der Waals surface area (Å²) in [6.45, 7) is 2.57. The van der Waals surface area contributed by atoms with Crippen LogP contribution in [0.3, 0.4) is 0 Å². The molecule has 2 amide bonds.